The zero-order valence-electron chi connectivity index (χ0n) is 15.4. The lowest BCUT2D eigenvalue weighted by Gasteiger charge is -2.13. The number of benzene rings is 1. The van der Waals surface area contributed by atoms with Gasteiger partial charge in [0.1, 0.15) is 4.70 Å². The van der Waals surface area contributed by atoms with Gasteiger partial charge in [0.15, 0.2) is 5.16 Å². The van der Waals surface area contributed by atoms with Gasteiger partial charge in [-0.25, -0.2) is 4.98 Å². The smallest absolute Gasteiger partial charge is 0.303 e. The molecule has 3 aromatic rings. The number of hydrogen-bond acceptors (Lipinski definition) is 5. The maximum Gasteiger partial charge on any atom is 0.303 e. The summed E-state index contributed by atoms with van der Waals surface area (Å²) in [6, 6.07) is 8.25. The van der Waals surface area contributed by atoms with Crippen LogP contribution in [0, 0.1) is 13.8 Å². The first-order valence-corrected chi connectivity index (χ1v) is 10.7. The van der Waals surface area contributed by atoms with Crippen LogP contribution in [0.3, 0.4) is 0 Å². The maximum atomic E-state index is 12.9. The second-order valence-corrected chi connectivity index (χ2v) is 8.41. The Morgan fingerprint density at radius 2 is 2.07 bits per heavy atom. The second-order valence-electron chi connectivity index (χ2n) is 6.56. The Labute approximate surface area is 166 Å². The number of thioether (sulfide) groups is 1. The van der Waals surface area contributed by atoms with Gasteiger partial charge in [-0.3, -0.25) is 14.2 Å². The van der Waals surface area contributed by atoms with Crippen LogP contribution in [0.5, 0.6) is 0 Å². The van der Waals surface area contributed by atoms with Crippen LogP contribution in [0.25, 0.3) is 10.2 Å². The number of unbranched alkanes of at least 4 members (excludes halogenated alkanes) is 1. The van der Waals surface area contributed by atoms with Gasteiger partial charge >= 0.3 is 5.97 Å². The van der Waals surface area contributed by atoms with Crippen LogP contribution in [-0.4, -0.2) is 20.6 Å². The van der Waals surface area contributed by atoms with Crippen molar-refractivity contribution >= 4 is 39.3 Å². The molecule has 0 aliphatic heterocycles. The number of aliphatic carboxylic acids is 1. The molecule has 0 aliphatic rings. The molecule has 0 atom stereocenters. The van der Waals surface area contributed by atoms with Gasteiger partial charge in [0, 0.05) is 18.7 Å². The lowest BCUT2D eigenvalue weighted by molar-refractivity contribution is -0.137. The Kier molecular flexibility index (Phi) is 6.34. The normalized spacial score (nSPS) is 11.2. The molecule has 0 bridgehead atoms. The molecule has 3 rings (SSSR count). The summed E-state index contributed by atoms with van der Waals surface area (Å²) in [7, 11) is 0. The molecule has 2 heterocycles. The SMILES string of the molecule is Cc1ccc(C)c(CSc2nc3ccsc3c(=O)n2CCCCC(=O)O)c1. The van der Waals surface area contributed by atoms with E-state index in [9.17, 15) is 9.59 Å². The molecule has 27 heavy (non-hydrogen) atoms. The number of hydrogen-bond donors (Lipinski definition) is 1. The zero-order chi connectivity index (χ0) is 19.4. The van der Waals surface area contributed by atoms with E-state index >= 15 is 0 Å². The number of aromatic nitrogens is 2. The molecule has 1 aromatic carbocycles. The number of fused-ring (bicyclic) bond motifs is 1. The van der Waals surface area contributed by atoms with Crippen molar-refractivity contribution in [2.75, 3.05) is 0 Å². The maximum absolute atomic E-state index is 12.9. The minimum absolute atomic E-state index is 0.0335. The number of carboxylic acids is 1. The molecular formula is C20H22N2O3S2. The molecule has 1 N–H and O–H groups in total. The van der Waals surface area contributed by atoms with Crippen molar-refractivity contribution in [2.45, 2.75) is 50.6 Å². The second kappa shape index (κ2) is 8.71. The summed E-state index contributed by atoms with van der Waals surface area (Å²) < 4.78 is 2.36. The molecule has 7 heteroatoms. The van der Waals surface area contributed by atoms with E-state index in [2.05, 4.69) is 32.0 Å². The van der Waals surface area contributed by atoms with E-state index in [1.165, 1.54) is 28.0 Å². The number of carboxylic acid groups (broad SMARTS) is 1. The molecule has 0 aliphatic carbocycles. The van der Waals surface area contributed by atoms with Crippen molar-refractivity contribution in [3.05, 3.63) is 56.7 Å². The fourth-order valence-corrected chi connectivity index (χ4v) is 4.74. The summed E-state index contributed by atoms with van der Waals surface area (Å²) in [6.07, 6.45) is 1.31. The van der Waals surface area contributed by atoms with E-state index in [0.717, 1.165) is 11.3 Å². The molecule has 142 valence electrons. The highest BCUT2D eigenvalue weighted by Gasteiger charge is 2.13. The Bertz CT molecular complexity index is 1020. The highest BCUT2D eigenvalue weighted by atomic mass is 32.2. The summed E-state index contributed by atoms with van der Waals surface area (Å²) in [4.78, 5) is 28.3. The van der Waals surface area contributed by atoms with Crippen LogP contribution in [-0.2, 0) is 17.1 Å². The van der Waals surface area contributed by atoms with E-state index in [1.54, 1.807) is 16.3 Å². The summed E-state index contributed by atoms with van der Waals surface area (Å²) in [6.45, 7) is 4.65. The van der Waals surface area contributed by atoms with E-state index in [1.807, 2.05) is 11.4 Å². The third-order valence-electron chi connectivity index (χ3n) is 4.41. The number of rotatable bonds is 8. The number of aryl methyl sites for hydroxylation is 2. The van der Waals surface area contributed by atoms with Crippen molar-refractivity contribution in [3.63, 3.8) is 0 Å². The highest BCUT2D eigenvalue weighted by molar-refractivity contribution is 7.98. The molecule has 5 nitrogen and oxygen atoms in total. The molecule has 0 amide bonds. The topological polar surface area (TPSA) is 72.2 Å². The summed E-state index contributed by atoms with van der Waals surface area (Å²) >= 11 is 2.96. The fraction of sp³-hybridized carbons (Fsp3) is 0.350. The molecule has 0 saturated carbocycles. The van der Waals surface area contributed by atoms with Gasteiger partial charge in [-0.1, -0.05) is 35.5 Å². The summed E-state index contributed by atoms with van der Waals surface area (Å²) in [5.41, 5.74) is 4.37. The van der Waals surface area contributed by atoms with Gasteiger partial charge < -0.3 is 5.11 Å². The zero-order valence-corrected chi connectivity index (χ0v) is 17.0. The van der Waals surface area contributed by atoms with Gasteiger partial charge in [0.05, 0.1) is 5.52 Å². The van der Waals surface area contributed by atoms with Crippen LogP contribution in [0.1, 0.15) is 36.0 Å². The van der Waals surface area contributed by atoms with Crippen molar-refractivity contribution < 1.29 is 9.90 Å². The Balaban J connectivity index is 1.85. The first-order valence-electron chi connectivity index (χ1n) is 8.84. The van der Waals surface area contributed by atoms with Crippen LogP contribution in [0.4, 0.5) is 0 Å². The lowest BCUT2D eigenvalue weighted by atomic mass is 10.1. The Morgan fingerprint density at radius 3 is 2.85 bits per heavy atom. The van der Waals surface area contributed by atoms with Gasteiger partial charge in [-0.15, -0.1) is 11.3 Å². The van der Waals surface area contributed by atoms with E-state index in [-0.39, 0.29) is 12.0 Å². The number of carbonyl (C=O) groups is 1. The third-order valence-corrected chi connectivity index (χ3v) is 6.33. The molecule has 2 aromatic heterocycles. The molecule has 0 saturated heterocycles. The van der Waals surface area contributed by atoms with Crippen LogP contribution in [0.15, 0.2) is 39.6 Å². The largest absolute Gasteiger partial charge is 0.481 e. The minimum atomic E-state index is -0.807. The number of thiophene rings is 1. The predicted molar refractivity (Wildman–Crippen MR) is 111 cm³/mol. The Hall–Kier alpha value is -2.12. The van der Waals surface area contributed by atoms with Crippen LogP contribution >= 0.6 is 23.1 Å². The van der Waals surface area contributed by atoms with Gasteiger partial charge in [-0.05, 0) is 49.3 Å². The van der Waals surface area contributed by atoms with Crippen molar-refractivity contribution in [1.82, 2.24) is 9.55 Å². The average Bonchev–Trinajstić information content (AvgIpc) is 3.09. The third kappa shape index (κ3) is 4.78. The van der Waals surface area contributed by atoms with Gasteiger partial charge in [0.2, 0.25) is 0 Å². The van der Waals surface area contributed by atoms with E-state index < -0.39 is 5.97 Å². The molecule has 0 radical (unpaired) electrons. The van der Waals surface area contributed by atoms with Gasteiger partial charge in [0.25, 0.3) is 5.56 Å². The molecule has 0 spiro atoms. The molecular weight excluding hydrogens is 380 g/mol. The quantitative estimate of drug-likeness (QED) is 0.338. The fourth-order valence-electron chi connectivity index (χ4n) is 2.88. The average molecular weight is 403 g/mol. The van der Waals surface area contributed by atoms with Crippen molar-refractivity contribution in [3.8, 4) is 0 Å². The van der Waals surface area contributed by atoms with E-state index in [4.69, 9.17) is 10.1 Å². The predicted octanol–water partition coefficient (Wildman–Crippen LogP) is 4.62. The minimum Gasteiger partial charge on any atom is -0.481 e. The molecule has 0 unspecified atom stereocenters. The standard InChI is InChI=1S/C20H22N2O3S2/c1-13-6-7-14(2)15(11-13)12-27-20-21-16-8-10-26-18(16)19(25)22(20)9-4-3-5-17(23)24/h6-8,10-11H,3-5,9,12H2,1-2H3,(H,23,24). The van der Waals surface area contributed by atoms with Crippen LogP contribution < -0.4 is 5.56 Å². The first kappa shape index (κ1) is 19.6. The van der Waals surface area contributed by atoms with E-state index in [0.29, 0.717) is 29.2 Å². The monoisotopic (exact) mass is 402 g/mol. The van der Waals surface area contributed by atoms with Gasteiger partial charge in [-0.2, -0.15) is 0 Å². The van der Waals surface area contributed by atoms with Crippen molar-refractivity contribution in [1.29, 1.82) is 0 Å². The molecule has 0 fully saturated rings. The first-order chi connectivity index (χ1) is 13.0. The highest BCUT2D eigenvalue weighted by Crippen LogP contribution is 2.26. The van der Waals surface area contributed by atoms with Crippen LogP contribution in [0.2, 0.25) is 0 Å². The summed E-state index contributed by atoms with van der Waals surface area (Å²) in [5.74, 6) is -0.0660. The Morgan fingerprint density at radius 1 is 1.26 bits per heavy atom. The lowest BCUT2D eigenvalue weighted by Crippen LogP contribution is -2.22. The number of nitrogens with zero attached hydrogens (tertiary/aromatic N) is 2. The van der Waals surface area contributed by atoms with Crippen molar-refractivity contribution in [2.24, 2.45) is 0 Å². The summed E-state index contributed by atoms with van der Waals surface area (Å²) in [5, 5.41) is 11.4.